The summed E-state index contributed by atoms with van der Waals surface area (Å²) in [6, 6.07) is 3.82. The van der Waals surface area contributed by atoms with Gasteiger partial charge < -0.3 is 25.8 Å². The Labute approximate surface area is 162 Å². The minimum Gasteiger partial charge on any atom is -0.491 e. The highest BCUT2D eigenvalue weighted by molar-refractivity contribution is 6.01. The minimum absolute atomic E-state index is 0.118. The van der Waals surface area contributed by atoms with E-state index < -0.39 is 42.2 Å². The third-order valence-corrected chi connectivity index (χ3v) is 4.26. The second kappa shape index (κ2) is 9.20. The molecule has 0 unspecified atom stereocenters. The van der Waals surface area contributed by atoms with Gasteiger partial charge in [0, 0.05) is 0 Å². The van der Waals surface area contributed by atoms with Gasteiger partial charge in [-0.05, 0) is 25.0 Å². The molecule has 0 fully saturated rings. The lowest BCUT2D eigenvalue weighted by Gasteiger charge is -2.25. The quantitative estimate of drug-likeness (QED) is 0.585. The van der Waals surface area contributed by atoms with Gasteiger partial charge in [0.25, 0.3) is 5.91 Å². The summed E-state index contributed by atoms with van der Waals surface area (Å²) in [5.74, 6) is -3.02. The van der Waals surface area contributed by atoms with Crippen LogP contribution in [0.5, 0.6) is 5.75 Å². The molecule has 0 aliphatic carbocycles. The topological polar surface area (TPSA) is 134 Å². The van der Waals surface area contributed by atoms with Crippen LogP contribution in [0.25, 0.3) is 0 Å². The van der Waals surface area contributed by atoms with E-state index in [1.165, 1.54) is 6.07 Å². The van der Waals surface area contributed by atoms with Crippen LogP contribution >= 0.6 is 0 Å². The number of rotatable bonds is 3. The van der Waals surface area contributed by atoms with Crippen LogP contribution in [0.15, 0.2) is 24.3 Å². The van der Waals surface area contributed by atoms with Gasteiger partial charge in [-0.15, -0.1) is 0 Å². The van der Waals surface area contributed by atoms with Gasteiger partial charge in [-0.3, -0.25) is 19.2 Å². The van der Waals surface area contributed by atoms with Gasteiger partial charge >= 0.3 is 5.97 Å². The smallest absolute Gasteiger partial charge is 0.305 e. The Hall–Kier alpha value is -3.10. The highest BCUT2D eigenvalue weighted by Crippen LogP contribution is 2.19. The predicted octanol–water partition coefficient (Wildman–Crippen LogP) is 0.298. The third kappa shape index (κ3) is 5.45. The molecule has 1 aromatic carbocycles. The van der Waals surface area contributed by atoms with E-state index in [1.54, 1.807) is 39.0 Å². The molecule has 0 radical (unpaired) electrons. The lowest BCUT2D eigenvalue weighted by molar-refractivity contribution is -0.140. The Balaban J connectivity index is 2.41. The normalized spacial score (nSPS) is 23.7. The SMILES string of the molecule is CC(C)[C@H]1NC(=O)[C@H](CC(=O)O)NC(=O)c2ccccc2OC[C@@H](C)NC1=O. The predicted molar refractivity (Wildman–Crippen MR) is 99.8 cm³/mol. The third-order valence-electron chi connectivity index (χ3n) is 4.26. The Morgan fingerprint density at radius 2 is 1.82 bits per heavy atom. The molecule has 0 saturated carbocycles. The van der Waals surface area contributed by atoms with Crippen LogP contribution in [0.4, 0.5) is 0 Å². The molecular weight excluding hydrogens is 366 g/mol. The van der Waals surface area contributed by atoms with Crippen LogP contribution in [-0.4, -0.2) is 53.5 Å². The molecule has 0 aromatic heterocycles. The fraction of sp³-hybridized carbons (Fsp3) is 0.474. The van der Waals surface area contributed by atoms with Crippen molar-refractivity contribution in [2.24, 2.45) is 5.92 Å². The van der Waals surface area contributed by atoms with E-state index in [9.17, 15) is 19.2 Å². The highest BCUT2D eigenvalue weighted by Gasteiger charge is 2.31. The molecule has 1 aliphatic heterocycles. The molecule has 28 heavy (non-hydrogen) atoms. The summed E-state index contributed by atoms with van der Waals surface area (Å²) in [5, 5.41) is 16.9. The number of para-hydroxylation sites is 1. The first kappa shape index (κ1) is 21.2. The van der Waals surface area contributed by atoms with E-state index >= 15 is 0 Å². The second-order valence-corrected chi connectivity index (χ2v) is 7.07. The molecule has 0 bridgehead atoms. The van der Waals surface area contributed by atoms with Crippen molar-refractivity contribution in [3.63, 3.8) is 0 Å². The number of aliphatic carboxylic acids is 1. The van der Waals surface area contributed by atoms with Crippen molar-refractivity contribution in [1.82, 2.24) is 16.0 Å². The van der Waals surface area contributed by atoms with Gasteiger partial charge in [0.15, 0.2) is 0 Å². The second-order valence-electron chi connectivity index (χ2n) is 7.07. The Kier molecular flexibility index (Phi) is 6.97. The summed E-state index contributed by atoms with van der Waals surface area (Å²) in [6.45, 7) is 5.37. The van der Waals surface area contributed by atoms with Crippen LogP contribution in [0.3, 0.4) is 0 Å². The van der Waals surface area contributed by atoms with E-state index in [1.807, 2.05) is 0 Å². The molecule has 2 rings (SSSR count). The monoisotopic (exact) mass is 391 g/mol. The number of fused-ring (bicyclic) bond motifs is 1. The maximum absolute atomic E-state index is 12.7. The van der Waals surface area contributed by atoms with Crippen LogP contribution in [0.1, 0.15) is 37.6 Å². The van der Waals surface area contributed by atoms with Gasteiger partial charge in [-0.25, -0.2) is 0 Å². The van der Waals surface area contributed by atoms with E-state index in [0.29, 0.717) is 0 Å². The van der Waals surface area contributed by atoms with Crippen LogP contribution in [0, 0.1) is 5.92 Å². The lowest BCUT2D eigenvalue weighted by atomic mass is 10.0. The lowest BCUT2D eigenvalue weighted by Crippen LogP contribution is -2.56. The number of carbonyl (C=O) groups is 4. The van der Waals surface area contributed by atoms with Crippen molar-refractivity contribution < 1.29 is 29.0 Å². The molecule has 0 saturated heterocycles. The molecule has 152 valence electrons. The highest BCUT2D eigenvalue weighted by atomic mass is 16.5. The van der Waals surface area contributed by atoms with E-state index in [4.69, 9.17) is 9.84 Å². The molecule has 3 atom stereocenters. The molecule has 1 aromatic rings. The van der Waals surface area contributed by atoms with Gasteiger partial charge in [0.05, 0.1) is 18.0 Å². The van der Waals surface area contributed by atoms with E-state index in [0.717, 1.165) is 0 Å². The summed E-state index contributed by atoms with van der Waals surface area (Å²) in [6.07, 6.45) is -0.622. The average Bonchev–Trinajstić information content (AvgIpc) is 2.62. The zero-order chi connectivity index (χ0) is 20.8. The maximum atomic E-state index is 12.7. The van der Waals surface area contributed by atoms with Crippen molar-refractivity contribution in [1.29, 1.82) is 0 Å². The first-order chi connectivity index (χ1) is 13.2. The van der Waals surface area contributed by atoms with Crippen molar-refractivity contribution in [3.05, 3.63) is 29.8 Å². The fourth-order valence-corrected chi connectivity index (χ4v) is 2.78. The number of amides is 3. The number of nitrogens with one attached hydrogen (secondary N) is 3. The summed E-state index contributed by atoms with van der Waals surface area (Å²) in [5.41, 5.74) is 0.170. The zero-order valence-electron chi connectivity index (χ0n) is 16.0. The fourth-order valence-electron chi connectivity index (χ4n) is 2.78. The Morgan fingerprint density at radius 3 is 2.46 bits per heavy atom. The number of carbonyl (C=O) groups excluding carboxylic acids is 3. The number of carboxylic acid groups (broad SMARTS) is 1. The van der Waals surface area contributed by atoms with Gasteiger partial charge in [-0.1, -0.05) is 26.0 Å². The van der Waals surface area contributed by atoms with Gasteiger partial charge in [0.1, 0.15) is 24.4 Å². The first-order valence-electron chi connectivity index (χ1n) is 9.04. The van der Waals surface area contributed by atoms with Crippen LogP contribution in [0.2, 0.25) is 0 Å². The minimum atomic E-state index is -1.34. The average molecular weight is 391 g/mol. The molecule has 9 nitrogen and oxygen atoms in total. The Bertz CT molecular complexity index is 764. The summed E-state index contributed by atoms with van der Waals surface area (Å²) < 4.78 is 5.67. The van der Waals surface area contributed by atoms with Crippen LogP contribution in [-0.2, 0) is 14.4 Å². The zero-order valence-corrected chi connectivity index (χ0v) is 16.0. The van der Waals surface area contributed by atoms with Gasteiger partial charge in [-0.2, -0.15) is 0 Å². The van der Waals surface area contributed by atoms with Crippen LogP contribution < -0.4 is 20.7 Å². The summed E-state index contributed by atoms with van der Waals surface area (Å²) in [4.78, 5) is 49.1. The number of hydrogen-bond acceptors (Lipinski definition) is 5. The number of carboxylic acids is 1. The Morgan fingerprint density at radius 1 is 1.14 bits per heavy atom. The summed E-state index contributed by atoms with van der Waals surface area (Å²) in [7, 11) is 0. The molecule has 1 aliphatic rings. The van der Waals surface area contributed by atoms with Crippen molar-refractivity contribution in [2.45, 2.75) is 45.3 Å². The first-order valence-corrected chi connectivity index (χ1v) is 9.04. The summed E-state index contributed by atoms with van der Waals surface area (Å²) >= 11 is 0. The molecule has 9 heteroatoms. The maximum Gasteiger partial charge on any atom is 0.305 e. The molecule has 4 N–H and O–H groups in total. The molecule has 0 spiro atoms. The van der Waals surface area contributed by atoms with Crippen molar-refractivity contribution >= 4 is 23.7 Å². The standard InChI is InChI=1S/C19H25N3O6/c1-10(2)16-19(27)20-11(3)9-28-14-7-5-4-6-12(14)17(25)21-13(8-15(23)24)18(26)22-16/h4-7,10-11,13,16H,8-9H2,1-3H3,(H,20,27)(H,21,25)(H,22,26)(H,23,24)/t11-,13+,16-/m1/s1. The van der Waals surface area contributed by atoms with Crippen molar-refractivity contribution in [2.75, 3.05) is 6.61 Å². The van der Waals surface area contributed by atoms with E-state index in [2.05, 4.69) is 16.0 Å². The molecule has 3 amide bonds. The largest absolute Gasteiger partial charge is 0.491 e. The molecule has 1 heterocycles. The number of hydrogen-bond donors (Lipinski definition) is 4. The van der Waals surface area contributed by atoms with Crippen molar-refractivity contribution in [3.8, 4) is 5.75 Å². The van der Waals surface area contributed by atoms with Gasteiger partial charge in [0.2, 0.25) is 11.8 Å². The number of ether oxygens (including phenoxy) is 1. The van der Waals surface area contributed by atoms with E-state index in [-0.39, 0.29) is 29.9 Å². The number of benzene rings is 1. The molecular formula is C19H25N3O6.